The Hall–Kier alpha value is -0.330. The van der Waals surface area contributed by atoms with E-state index in [1.165, 1.54) is 22.5 Å². The molecule has 0 spiro atoms. The van der Waals surface area contributed by atoms with Gasteiger partial charge in [0.05, 0.1) is 4.90 Å². The van der Waals surface area contributed by atoms with Crippen molar-refractivity contribution in [2.45, 2.75) is 11.3 Å². The van der Waals surface area contributed by atoms with Crippen molar-refractivity contribution >= 4 is 33.2 Å². The summed E-state index contributed by atoms with van der Waals surface area (Å²) in [5.74, 6) is 0. The van der Waals surface area contributed by atoms with Gasteiger partial charge in [-0.15, -0.1) is 0 Å². The van der Waals surface area contributed by atoms with Crippen molar-refractivity contribution in [2.75, 3.05) is 27.2 Å². The largest absolute Gasteiger partial charge is 0.320 e. The van der Waals surface area contributed by atoms with Gasteiger partial charge in [-0.1, -0.05) is 23.2 Å². The van der Waals surface area contributed by atoms with E-state index in [9.17, 15) is 8.42 Å². The first-order valence-electron chi connectivity index (χ1n) is 5.45. The van der Waals surface area contributed by atoms with Crippen LogP contribution in [0.5, 0.6) is 0 Å². The van der Waals surface area contributed by atoms with Crippen LogP contribution in [0.1, 0.15) is 6.42 Å². The highest BCUT2D eigenvalue weighted by atomic mass is 35.5. The molecule has 1 aromatic carbocycles. The predicted octanol–water partition coefficient (Wildman–Crippen LogP) is 2.22. The highest BCUT2D eigenvalue weighted by Gasteiger charge is 2.21. The van der Waals surface area contributed by atoms with Crippen LogP contribution in [0, 0.1) is 0 Å². The second kappa shape index (κ2) is 6.73. The van der Waals surface area contributed by atoms with E-state index < -0.39 is 10.0 Å². The van der Waals surface area contributed by atoms with Crippen molar-refractivity contribution in [1.82, 2.24) is 9.62 Å². The summed E-state index contributed by atoms with van der Waals surface area (Å²) in [5, 5.41) is 3.59. The summed E-state index contributed by atoms with van der Waals surface area (Å²) in [4.78, 5) is 0.118. The first-order valence-corrected chi connectivity index (χ1v) is 7.64. The molecule has 1 aromatic rings. The number of hydrogen-bond donors (Lipinski definition) is 1. The van der Waals surface area contributed by atoms with E-state index in [-0.39, 0.29) is 4.90 Å². The molecule has 0 atom stereocenters. The summed E-state index contributed by atoms with van der Waals surface area (Å²) in [6, 6.07) is 4.30. The molecule has 0 aliphatic heterocycles. The lowest BCUT2D eigenvalue weighted by Gasteiger charge is -2.17. The summed E-state index contributed by atoms with van der Waals surface area (Å²) in [7, 11) is -0.162. The monoisotopic (exact) mass is 310 g/mol. The Morgan fingerprint density at radius 1 is 1.22 bits per heavy atom. The van der Waals surface area contributed by atoms with Crippen LogP contribution in [0.15, 0.2) is 23.1 Å². The average Bonchev–Trinajstić information content (AvgIpc) is 2.27. The van der Waals surface area contributed by atoms with Crippen molar-refractivity contribution in [1.29, 1.82) is 0 Å². The van der Waals surface area contributed by atoms with E-state index in [0.29, 0.717) is 16.6 Å². The summed E-state index contributed by atoms with van der Waals surface area (Å²) in [6.07, 6.45) is 0.737. The highest BCUT2D eigenvalue weighted by Crippen LogP contribution is 2.24. The second-order valence-electron chi connectivity index (χ2n) is 3.89. The molecule has 1 N–H and O–H groups in total. The third kappa shape index (κ3) is 4.10. The van der Waals surface area contributed by atoms with Crippen molar-refractivity contribution in [3.05, 3.63) is 28.2 Å². The quantitative estimate of drug-likeness (QED) is 0.820. The van der Waals surface area contributed by atoms with Gasteiger partial charge < -0.3 is 5.32 Å². The molecule has 0 bridgehead atoms. The molecule has 0 fully saturated rings. The molecule has 0 amide bonds. The molecular formula is C11H16Cl2N2O2S. The van der Waals surface area contributed by atoms with E-state index in [0.717, 1.165) is 13.0 Å². The van der Waals surface area contributed by atoms with Crippen molar-refractivity contribution < 1.29 is 8.42 Å². The molecular weight excluding hydrogens is 295 g/mol. The van der Waals surface area contributed by atoms with Crippen LogP contribution in [0.2, 0.25) is 10.0 Å². The predicted molar refractivity (Wildman–Crippen MR) is 74.8 cm³/mol. The van der Waals surface area contributed by atoms with Crippen molar-refractivity contribution in [3.63, 3.8) is 0 Å². The van der Waals surface area contributed by atoms with E-state index >= 15 is 0 Å². The van der Waals surface area contributed by atoms with Crippen LogP contribution < -0.4 is 5.32 Å². The van der Waals surface area contributed by atoms with Gasteiger partial charge in [-0.3, -0.25) is 0 Å². The fourth-order valence-electron chi connectivity index (χ4n) is 1.46. The van der Waals surface area contributed by atoms with Crippen molar-refractivity contribution in [2.24, 2.45) is 0 Å². The SMILES string of the molecule is CNCCCN(C)S(=O)(=O)c1cc(Cl)cc(Cl)c1. The van der Waals surface area contributed by atoms with E-state index in [4.69, 9.17) is 23.2 Å². The third-order valence-corrected chi connectivity index (χ3v) is 4.72. The molecule has 0 heterocycles. The zero-order valence-corrected chi connectivity index (χ0v) is 12.6. The topological polar surface area (TPSA) is 49.4 Å². The second-order valence-corrected chi connectivity index (χ2v) is 6.81. The standard InChI is InChI=1S/C11H16Cl2N2O2S/c1-14-4-3-5-15(2)18(16,17)11-7-9(12)6-10(13)8-11/h6-8,14H,3-5H2,1-2H3. The van der Waals surface area contributed by atoms with Crippen LogP contribution >= 0.6 is 23.2 Å². The molecule has 0 saturated heterocycles. The number of halogens is 2. The van der Waals surface area contributed by atoms with Gasteiger partial charge in [-0.25, -0.2) is 12.7 Å². The maximum atomic E-state index is 12.2. The smallest absolute Gasteiger partial charge is 0.242 e. The van der Waals surface area contributed by atoms with Crippen LogP contribution in [0.3, 0.4) is 0 Å². The van der Waals surface area contributed by atoms with Gasteiger partial charge in [-0.05, 0) is 38.2 Å². The summed E-state index contributed by atoms with van der Waals surface area (Å²) >= 11 is 11.6. The zero-order valence-electron chi connectivity index (χ0n) is 10.3. The Morgan fingerprint density at radius 2 is 1.78 bits per heavy atom. The normalized spacial score (nSPS) is 12.1. The maximum absolute atomic E-state index is 12.2. The number of nitrogens with one attached hydrogen (secondary N) is 1. The van der Waals surface area contributed by atoms with Crippen molar-refractivity contribution in [3.8, 4) is 0 Å². The minimum Gasteiger partial charge on any atom is -0.320 e. The Kier molecular flexibility index (Phi) is 5.88. The van der Waals surface area contributed by atoms with Gasteiger partial charge in [0.2, 0.25) is 10.0 Å². The number of hydrogen-bond acceptors (Lipinski definition) is 3. The van der Waals surface area contributed by atoms with E-state index in [1.54, 1.807) is 7.05 Å². The molecule has 102 valence electrons. The fraction of sp³-hybridized carbons (Fsp3) is 0.455. The Bertz CT molecular complexity index is 486. The number of rotatable bonds is 6. The van der Waals surface area contributed by atoms with Crippen LogP contribution in [-0.2, 0) is 10.0 Å². The van der Waals surface area contributed by atoms with Gasteiger partial charge in [0.1, 0.15) is 0 Å². The van der Waals surface area contributed by atoms with Gasteiger partial charge in [0.25, 0.3) is 0 Å². The lowest BCUT2D eigenvalue weighted by Crippen LogP contribution is -2.29. The molecule has 7 heteroatoms. The molecule has 4 nitrogen and oxygen atoms in total. The van der Waals surface area contributed by atoms with Gasteiger partial charge >= 0.3 is 0 Å². The lowest BCUT2D eigenvalue weighted by molar-refractivity contribution is 0.458. The summed E-state index contributed by atoms with van der Waals surface area (Å²) < 4.78 is 25.7. The average molecular weight is 311 g/mol. The molecule has 0 aliphatic rings. The number of sulfonamides is 1. The molecule has 1 rings (SSSR count). The molecule has 18 heavy (non-hydrogen) atoms. The minimum absolute atomic E-state index is 0.118. The molecule has 0 radical (unpaired) electrons. The van der Waals surface area contributed by atoms with Gasteiger partial charge in [0, 0.05) is 23.6 Å². The van der Waals surface area contributed by atoms with Gasteiger partial charge in [0.15, 0.2) is 0 Å². The first-order chi connectivity index (χ1) is 8.37. The minimum atomic E-state index is -3.53. The first kappa shape index (κ1) is 15.7. The Balaban J connectivity index is 2.91. The van der Waals surface area contributed by atoms with Crippen LogP contribution in [0.4, 0.5) is 0 Å². The Labute approximate surface area is 118 Å². The zero-order chi connectivity index (χ0) is 13.8. The summed E-state index contributed by atoms with van der Waals surface area (Å²) in [6.45, 7) is 1.20. The fourth-order valence-corrected chi connectivity index (χ4v) is 3.39. The third-order valence-electron chi connectivity index (χ3n) is 2.44. The van der Waals surface area contributed by atoms with E-state index in [2.05, 4.69) is 5.32 Å². The molecule has 0 aliphatic carbocycles. The molecule has 0 unspecified atom stereocenters. The van der Waals surface area contributed by atoms with Crippen LogP contribution in [0.25, 0.3) is 0 Å². The van der Waals surface area contributed by atoms with Crippen LogP contribution in [-0.4, -0.2) is 39.9 Å². The van der Waals surface area contributed by atoms with Gasteiger partial charge in [-0.2, -0.15) is 0 Å². The van der Waals surface area contributed by atoms with E-state index in [1.807, 2.05) is 7.05 Å². The maximum Gasteiger partial charge on any atom is 0.242 e. The summed E-state index contributed by atoms with van der Waals surface area (Å²) in [5.41, 5.74) is 0. The lowest BCUT2D eigenvalue weighted by atomic mass is 10.4. The number of benzene rings is 1. The molecule has 0 aromatic heterocycles. The highest BCUT2D eigenvalue weighted by molar-refractivity contribution is 7.89. The Morgan fingerprint density at radius 3 is 2.28 bits per heavy atom. The number of nitrogens with zero attached hydrogens (tertiary/aromatic N) is 1. The molecule has 0 saturated carbocycles.